The van der Waals surface area contributed by atoms with Crippen LogP contribution in [0, 0.1) is 11.8 Å². The Hall–Kier alpha value is -1.21. The first-order valence-electron chi connectivity index (χ1n) is 4.03. The SMILES string of the molecule is CC#CCC(=O)c1snnc1CC. The van der Waals surface area contributed by atoms with Crippen LogP contribution in [0.2, 0.25) is 0 Å². The van der Waals surface area contributed by atoms with E-state index >= 15 is 0 Å². The van der Waals surface area contributed by atoms with Crippen LogP contribution in [0.5, 0.6) is 0 Å². The van der Waals surface area contributed by atoms with Gasteiger partial charge in [0.25, 0.3) is 0 Å². The number of ketones is 1. The molecule has 0 radical (unpaired) electrons. The van der Waals surface area contributed by atoms with E-state index in [1.165, 1.54) is 0 Å². The number of aryl methyl sites for hydroxylation is 1. The lowest BCUT2D eigenvalue weighted by atomic mass is 10.2. The van der Waals surface area contributed by atoms with Crippen molar-refractivity contribution >= 4 is 17.3 Å². The quantitative estimate of drug-likeness (QED) is 0.543. The molecule has 1 aromatic heterocycles. The zero-order valence-corrected chi connectivity index (χ0v) is 8.44. The highest BCUT2D eigenvalue weighted by Gasteiger charge is 2.13. The fraction of sp³-hybridized carbons (Fsp3) is 0.444. The molecule has 0 aliphatic heterocycles. The van der Waals surface area contributed by atoms with Crippen molar-refractivity contribution in [3.05, 3.63) is 10.6 Å². The fourth-order valence-electron chi connectivity index (χ4n) is 0.901. The Morgan fingerprint density at radius 2 is 2.38 bits per heavy atom. The molecular formula is C9H10N2OS. The summed E-state index contributed by atoms with van der Waals surface area (Å²) in [5.74, 6) is 5.46. The topological polar surface area (TPSA) is 42.9 Å². The molecular weight excluding hydrogens is 184 g/mol. The van der Waals surface area contributed by atoms with Crippen LogP contribution in [0.3, 0.4) is 0 Å². The van der Waals surface area contributed by atoms with Crippen LogP contribution >= 0.6 is 11.5 Å². The molecule has 1 aromatic rings. The van der Waals surface area contributed by atoms with Gasteiger partial charge in [0, 0.05) is 0 Å². The molecule has 0 aliphatic rings. The molecule has 0 saturated carbocycles. The molecule has 0 saturated heterocycles. The van der Waals surface area contributed by atoms with Crippen LogP contribution in [0.25, 0.3) is 0 Å². The molecule has 0 amide bonds. The zero-order chi connectivity index (χ0) is 9.68. The summed E-state index contributed by atoms with van der Waals surface area (Å²) in [5, 5.41) is 3.86. The van der Waals surface area contributed by atoms with E-state index in [1.54, 1.807) is 6.92 Å². The van der Waals surface area contributed by atoms with E-state index in [0.29, 0.717) is 4.88 Å². The Morgan fingerprint density at radius 3 is 3.00 bits per heavy atom. The zero-order valence-electron chi connectivity index (χ0n) is 7.63. The number of rotatable bonds is 3. The highest BCUT2D eigenvalue weighted by molar-refractivity contribution is 7.08. The van der Waals surface area contributed by atoms with Crippen molar-refractivity contribution in [2.24, 2.45) is 0 Å². The lowest BCUT2D eigenvalue weighted by Gasteiger charge is -1.92. The Morgan fingerprint density at radius 1 is 1.62 bits per heavy atom. The number of hydrogen-bond donors (Lipinski definition) is 0. The van der Waals surface area contributed by atoms with Gasteiger partial charge in [-0.2, -0.15) is 0 Å². The van der Waals surface area contributed by atoms with Gasteiger partial charge in [0.1, 0.15) is 4.88 Å². The van der Waals surface area contributed by atoms with Gasteiger partial charge in [-0.1, -0.05) is 17.3 Å². The van der Waals surface area contributed by atoms with Crippen molar-refractivity contribution in [1.82, 2.24) is 9.59 Å². The maximum Gasteiger partial charge on any atom is 0.188 e. The van der Waals surface area contributed by atoms with E-state index in [1.807, 2.05) is 6.92 Å². The molecule has 0 spiro atoms. The van der Waals surface area contributed by atoms with Crippen molar-refractivity contribution in [2.75, 3.05) is 0 Å². The van der Waals surface area contributed by atoms with Crippen LogP contribution in [0.1, 0.15) is 35.6 Å². The molecule has 13 heavy (non-hydrogen) atoms. The molecule has 4 heteroatoms. The second kappa shape index (κ2) is 4.73. The molecule has 0 aromatic carbocycles. The highest BCUT2D eigenvalue weighted by atomic mass is 32.1. The third-order valence-electron chi connectivity index (χ3n) is 1.57. The van der Waals surface area contributed by atoms with Gasteiger partial charge in [0.05, 0.1) is 12.1 Å². The summed E-state index contributed by atoms with van der Waals surface area (Å²) >= 11 is 1.15. The lowest BCUT2D eigenvalue weighted by molar-refractivity contribution is 0.100. The van der Waals surface area contributed by atoms with E-state index < -0.39 is 0 Å². The number of hydrogen-bond acceptors (Lipinski definition) is 4. The first-order chi connectivity index (χ1) is 6.29. The van der Waals surface area contributed by atoms with Crippen LogP contribution < -0.4 is 0 Å². The predicted molar refractivity (Wildman–Crippen MR) is 51.7 cm³/mol. The van der Waals surface area contributed by atoms with Crippen LogP contribution in [-0.4, -0.2) is 15.4 Å². The van der Waals surface area contributed by atoms with Gasteiger partial charge in [-0.25, -0.2) is 0 Å². The van der Waals surface area contributed by atoms with E-state index in [2.05, 4.69) is 21.4 Å². The third kappa shape index (κ3) is 2.36. The molecule has 3 nitrogen and oxygen atoms in total. The number of carbonyl (C=O) groups is 1. The Kier molecular flexibility index (Phi) is 3.59. The second-order valence-corrected chi connectivity index (χ2v) is 3.18. The summed E-state index contributed by atoms with van der Waals surface area (Å²) in [4.78, 5) is 12.1. The average Bonchev–Trinajstić information content (AvgIpc) is 2.61. The molecule has 0 atom stereocenters. The molecule has 0 unspecified atom stereocenters. The molecule has 0 bridgehead atoms. The van der Waals surface area contributed by atoms with Gasteiger partial charge in [0.2, 0.25) is 0 Å². The second-order valence-electron chi connectivity index (χ2n) is 2.43. The first kappa shape index (κ1) is 9.87. The lowest BCUT2D eigenvalue weighted by Crippen LogP contribution is -1.98. The number of aromatic nitrogens is 2. The van der Waals surface area contributed by atoms with Crippen LogP contribution in [0.15, 0.2) is 0 Å². The number of nitrogens with zero attached hydrogens (tertiary/aromatic N) is 2. The van der Waals surface area contributed by atoms with E-state index in [4.69, 9.17) is 0 Å². The molecule has 68 valence electrons. The van der Waals surface area contributed by atoms with Crippen molar-refractivity contribution in [3.63, 3.8) is 0 Å². The smallest absolute Gasteiger partial charge is 0.188 e. The van der Waals surface area contributed by atoms with Gasteiger partial charge in [-0.3, -0.25) is 4.79 Å². The average molecular weight is 194 g/mol. The summed E-state index contributed by atoms with van der Waals surface area (Å²) < 4.78 is 3.74. The summed E-state index contributed by atoms with van der Waals surface area (Å²) in [6, 6.07) is 0. The summed E-state index contributed by atoms with van der Waals surface area (Å²) in [6.45, 7) is 3.68. The van der Waals surface area contributed by atoms with Gasteiger partial charge in [-0.05, 0) is 24.9 Å². The normalized spacial score (nSPS) is 9.08. The molecule has 1 rings (SSSR count). The van der Waals surface area contributed by atoms with Gasteiger partial charge >= 0.3 is 0 Å². The molecule has 0 fully saturated rings. The minimum atomic E-state index is 0.0289. The minimum Gasteiger partial charge on any atom is -0.292 e. The Balaban J connectivity index is 2.79. The molecule has 0 aliphatic carbocycles. The van der Waals surface area contributed by atoms with E-state index in [9.17, 15) is 4.79 Å². The summed E-state index contributed by atoms with van der Waals surface area (Å²) in [6.07, 6.45) is 1.02. The fourth-order valence-corrected chi connectivity index (χ4v) is 1.59. The van der Waals surface area contributed by atoms with Gasteiger partial charge in [0.15, 0.2) is 5.78 Å². The van der Waals surface area contributed by atoms with E-state index in [-0.39, 0.29) is 12.2 Å². The largest absolute Gasteiger partial charge is 0.292 e. The minimum absolute atomic E-state index is 0.0289. The Labute approximate surface area is 81.3 Å². The number of Topliss-reactive ketones (excluding diaryl/α,β-unsaturated/α-hetero) is 1. The third-order valence-corrected chi connectivity index (χ3v) is 2.38. The molecule has 0 N–H and O–H groups in total. The van der Waals surface area contributed by atoms with Crippen molar-refractivity contribution in [2.45, 2.75) is 26.7 Å². The van der Waals surface area contributed by atoms with Gasteiger partial charge in [-0.15, -0.1) is 11.0 Å². The van der Waals surface area contributed by atoms with Crippen LogP contribution in [0.4, 0.5) is 0 Å². The maximum atomic E-state index is 11.5. The Bertz CT molecular complexity index is 359. The molecule has 1 heterocycles. The summed E-state index contributed by atoms with van der Waals surface area (Å²) in [7, 11) is 0. The highest BCUT2D eigenvalue weighted by Crippen LogP contribution is 2.13. The van der Waals surface area contributed by atoms with Gasteiger partial charge < -0.3 is 0 Å². The first-order valence-corrected chi connectivity index (χ1v) is 4.81. The van der Waals surface area contributed by atoms with Crippen LogP contribution in [-0.2, 0) is 6.42 Å². The maximum absolute atomic E-state index is 11.5. The van der Waals surface area contributed by atoms with Crippen molar-refractivity contribution in [1.29, 1.82) is 0 Å². The monoisotopic (exact) mass is 194 g/mol. The van der Waals surface area contributed by atoms with Crippen molar-refractivity contribution < 1.29 is 4.79 Å². The predicted octanol–water partition coefficient (Wildman–Crippen LogP) is 1.70. The number of carbonyl (C=O) groups excluding carboxylic acids is 1. The van der Waals surface area contributed by atoms with E-state index in [0.717, 1.165) is 23.6 Å². The summed E-state index contributed by atoms with van der Waals surface area (Å²) in [5.41, 5.74) is 0.785. The van der Waals surface area contributed by atoms with Crippen molar-refractivity contribution in [3.8, 4) is 11.8 Å². The standard InChI is InChI=1S/C9H10N2OS/c1-3-5-6-8(12)9-7(4-2)10-11-13-9/h4,6H2,1-2H3.